The molecule has 0 radical (unpaired) electrons. The van der Waals surface area contributed by atoms with Gasteiger partial charge in [-0.3, -0.25) is 9.72 Å². The zero-order chi connectivity index (χ0) is 26.5. The predicted octanol–water partition coefficient (Wildman–Crippen LogP) is 4.44. The molecule has 10 nitrogen and oxygen atoms in total. The first-order chi connectivity index (χ1) is 17.0. The number of rotatable bonds is 2. The highest BCUT2D eigenvalue weighted by molar-refractivity contribution is 6.01. The van der Waals surface area contributed by atoms with E-state index in [1.165, 1.54) is 5.56 Å². The lowest BCUT2D eigenvalue weighted by Gasteiger charge is -2.26. The summed E-state index contributed by atoms with van der Waals surface area (Å²) in [6.45, 7) is 9.62. The lowest BCUT2D eigenvalue weighted by Crippen LogP contribution is -2.42. The number of nitrogens with zero attached hydrogens (tertiary/aromatic N) is 4. The van der Waals surface area contributed by atoms with Crippen molar-refractivity contribution in [2.45, 2.75) is 65.8 Å². The van der Waals surface area contributed by atoms with Crippen LogP contribution in [-0.2, 0) is 6.42 Å². The van der Waals surface area contributed by atoms with Crippen molar-refractivity contribution in [3.63, 3.8) is 0 Å². The summed E-state index contributed by atoms with van der Waals surface area (Å²) in [7, 11) is 0. The average Bonchev–Trinajstić information content (AvgIpc) is 3.22. The molecule has 1 aliphatic carbocycles. The molecule has 1 aromatic carbocycles. The third kappa shape index (κ3) is 6.80. The van der Waals surface area contributed by atoms with Gasteiger partial charge >= 0.3 is 12.1 Å². The second-order valence-electron chi connectivity index (χ2n) is 10.1. The Labute approximate surface area is 211 Å². The normalized spacial score (nSPS) is 15.6. The molecular formula is C26H35N7O3. The molecular weight excluding hydrogens is 458 g/mol. The molecule has 0 saturated carbocycles. The van der Waals surface area contributed by atoms with E-state index in [9.17, 15) is 14.7 Å². The topological polar surface area (TPSA) is 147 Å². The number of imide groups is 1. The average molecular weight is 494 g/mol. The third-order valence-corrected chi connectivity index (χ3v) is 5.82. The maximum Gasteiger partial charge on any atom is 0.350 e. The van der Waals surface area contributed by atoms with E-state index in [2.05, 4.69) is 31.9 Å². The molecule has 0 saturated heterocycles. The standard InChI is InChI=1S/C17H24N4O2.C9H11N3O/c1-17(2,3)14(18)20-16(23)21-15(22)19-13-10-6-8-11-7-4-5-9-12(11)13;1-6(2)9-11-10-8-4-3-7(13)5-12(8)9/h4-5,7,9,13H,6,8,10H2,1-3H3,(H4,18,19,20,21,22,23);3-6,13H,1-2H3. The monoisotopic (exact) mass is 493 g/mol. The van der Waals surface area contributed by atoms with E-state index in [0.29, 0.717) is 5.92 Å². The second-order valence-corrected chi connectivity index (χ2v) is 10.1. The van der Waals surface area contributed by atoms with Crippen LogP contribution in [0, 0.1) is 5.41 Å². The summed E-state index contributed by atoms with van der Waals surface area (Å²) >= 11 is 0. The fraction of sp³-hybridized carbons (Fsp3) is 0.423. The number of benzene rings is 1. The number of hydrogen-bond acceptors (Lipinski definition) is 5. The zero-order valence-corrected chi connectivity index (χ0v) is 21.4. The van der Waals surface area contributed by atoms with Crippen molar-refractivity contribution >= 4 is 23.5 Å². The highest BCUT2D eigenvalue weighted by Crippen LogP contribution is 2.29. The Kier molecular flexibility index (Phi) is 8.29. The molecule has 4 rings (SSSR count). The minimum Gasteiger partial charge on any atom is -0.506 e. The number of aromatic nitrogens is 3. The number of aliphatic imine (C=N–C) groups is 1. The number of amidine groups is 1. The van der Waals surface area contributed by atoms with Gasteiger partial charge in [-0.05, 0) is 42.5 Å². The minimum absolute atomic E-state index is 0.0864. The zero-order valence-electron chi connectivity index (χ0n) is 21.4. The summed E-state index contributed by atoms with van der Waals surface area (Å²) in [6, 6.07) is 9.99. The van der Waals surface area contributed by atoms with Crippen molar-refractivity contribution in [3.8, 4) is 5.75 Å². The maximum absolute atomic E-state index is 12.0. The number of nitrogens with one attached hydrogen (secondary N) is 2. The molecule has 1 aliphatic rings. The van der Waals surface area contributed by atoms with E-state index < -0.39 is 17.5 Å². The van der Waals surface area contributed by atoms with Crippen LogP contribution in [-0.4, -0.2) is 37.6 Å². The number of carbonyl (C=O) groups is 2. The number of hydrogen-bond donors (Lipinski definition) is 4. The van der Waals surface area contributed by atoms with Crippen LogP contribution in [0.5, 0.6) is 5.75 Å². The number of amides is 4. The highest BCUT2D eigenvalue weighted by atomic mass is 16.3. The Hall–Kier alpha value is -3.95. The third-order valence-electron chi connectivity index (χ3n) is 5.82. The number of aryl methyl sites for hydroxylation is 1. The summed E-state index contributed by atoms with van der Waals surface area (Å²) < 4.78 is 1.81. The van der Waals surface area contributed by atoms with Gasteiger partial charge in [0.1, 0.15) is 17.4 Å². The fourth-order valence-corrected chi connectivity index (χ4v) is 3.79. The van der Waals surface area contributed by atoms with E-state index >= 15 is 0 Å². The molecule has 2 aromatic heterocycles. The van der Waals surface area contributed by atoms with Crippen molar-refractivity contribution in [1.82, 2.24) is 25.2 Å². The van der Waals surface area contributed by atoms with E-state index in [0.717, 1.165) is 36.3 Å². The molecule has 1 unspecified atom stereocenters. The summed E-state index contributed by atoms with van der Waals surface area (Å²) in [6.07, 6.45) is 4.50. The highest BCUT2D eigenvalue weighted by Gasteiger charge is 2.22. The van der Waals surface area contributed by atoms with Crippen molar-refractivity contribution in [3.05, 3.63) is 59.5 Å². The van der Waals surface area contributed by atoms with Crippen LogP contribution in [0.3, 0.4) is 0 Å². The first kappa shape index (κ1) is 26.7. The van der Waals surface area contributed by atoms with Crippen LogP contribution >= 0.6 is 0 Å². The second kappa shape index (κ2) is 11.2. The van der Waals surface area contributed by atoms with E-state index in [1.807, 2.05) is 52.8 Å². The summed E-state index contributed by atoms with van der Waals surface area (Å²) in [5, 5.41) is 22.3. The number of nitrogens with two attached hydrogens (primary N) is 1. The molecule has 192 valence electrons. The van der Waals surface area contributed by atoms with Gasteiger partial charge < -0.3 is 16.2 Å². The van der Waals surface area contributed by atoms with Gasteiger partial charge in [-0.25, -0.2) is 9.59 Å². The number of urea groups is 2. The minimum atomic E-state index is -0.751. The van der Waals surface area contributed by atoms with Gasteiger partial charge in [0.2, 0.25) is 0 Å². The molecule has 36 heavy (non-hydrogen) atoms. The molecule has 0 fully saturated rings. The molecule has 10 heteroatoms. The fourth-order valence-electron chi connectivity index (χ4n) is 3.79. The molecule has 1 atom stereocenters. The van der Waals surface area contributed by atoms with Crippen LogP contribution < -0.4 is 16.4 Å². The van der Waals surface area contributed by atoms with E-state index in [4.69, 9.17) is 5.73 Å². The molecule has 0 aliphatic heterocycles. The van der Waals surface area contributed by atoms with Gasteiger partial charge in [-0.1, -0.05) is 58.9 Å². The van der Waals surface area contributed by atoms with E-state index in [1.54, 1.807) is 22.7 Å². The van der Waals surface area contributed by atoms with Gasteiger partial charge in [0, 0.05) is 11.3 Å². The number of pyridine rings is 1. The Bertz CT molecular complexity index is 1260. The molecule has 0 spiro atoms. The maximum atomic E-state index is 12.0. The van der Waals surface area contributed by atoms with Gasteiger partial charge in [-0.2, -0.15) is 4.99 Å². The molecule has 2 heterocycles. The first-order valence-electron chi connectivity index (χ1n) is 12.0. The Morgan fingerprint density at radius 1 is 1.17 bits per heavy atom. The van der Waals surface area contributed by atoms with Crippen LogP contribution in [0.15, 0.2) is 47.6 Å². The lowest BCUT2D eigenvalue weighted by atomic mass is 9.88. The number of carbonyl (C=O) groups excluding carboxylic acids is 2. The predicted molar refractivity (Wildman–Crippen MR) is 139 cm³/mol. The van der Waals surface area contributed by atoms with Crippen molar-refractivity contribution in [2.75, 3.05) is 0 Å². The number of aromatic hydroxyl groups is 1. The first-order valence-corrected chi connectivity index (χ1v) is 12.0. The van der Waals surface area contributed by atoms with Crippen molar-refractivity contribution in [2.24, 2.45) is 16.1 Å². The summed E-state index contributed by atoms with van der Waals surface area (Å²) in [5.74, 6) is 1.59. The van der Waals surface area contributed by atoms with Crippen LogP contribution in [0.1, 0.15) is 76.4 Å². The molecule has 3 aromatic rings. The smallest absolute Gasteiger partial charge is 0.350 e. The van der Waals surface area contributed by atoms with Crippen LogP contribution in [0.25, 0.3) is 5.65 Å². The lowest BCUT2D eigenvalue weighted by molar-refractivity contribution is 0.228. The van der Waals surface area contributed by atoms with Crippen molar-refractivity contribution in [1.29, 1.82) is 0 Å². The van der Waals surface area contributed by atoms with Crippen LogP contribution in [0.2, 0.25) is 0 Å². The Morgan fingerprint density at radius 3 is 2.58 bits per heavy atom. The van der Waals surface area contributed by atoms with Gasteiger partial charge in [0.25, 0.3) is 0 Å². The van der Waals surface area contributed by atoms with Crippen LogP contribution in [0.4, 0.5) is 9.59 Å². The van der Waals surface area contributed by atoms with Gasteiger partial charge in [0.15, 0.2) is 5.65 Å². The van der Waals surface area contributed by atoms with Gasteiger partial charge in [0.05, 0.1) is 12.2 Å². The van der Waals surface area contributed by atoms with E-state index in [-0.39, 0.29) is 17.6 Å². The van der Waals surface area contributed by atoms with Crippen molar-refractivity contribution < 1.29 is 14.7 Å². The molecule has 0 bridgehead atoms. The largest absolute Gasteiger partial charge is 0.506 e. The Balaban J connectivity index is 0.000000233. The molecule has 5 N–H and O–H groups in total. The Morgan fingerprint density at radius 2 is 1.89 bits per heavy atom. The SMILES string of the molecule is CC(C)(C)/C(N)=N/C(=O)NC(=O)NC1CCCc2ccccc21.CC(C)c1nnc2ccc(O)cn12. The summed E-state index contributed by atoms with van der Waals surface area (Å²) in [5.41, 5.74) is 8.43. The molecule has 4 amide bonds. The summed E-state index contributed by atoms with van der Waals surface area (Å²) in [4.78, 5) is 27.5. The quantitative estimate of drug-likeness (QED) is 0.306. The number of fused-ring (bicyclic) bond motifs is 2. The van der Waals surface area contributed by atoms with Gasteiger partial charge in [-0.15, -0.1) is 10.2 Å².